The zero-order valence-electron chi connectivity index (χ0n) is 8.95. The standard InChI is InChI=1S/C10H11Cl2N3O2/c11-7-5-8(15-10(12)13-7)14-9(16)6-1-3-17-4-2-6/h5-6H,1-4H2,(H,13,14,15,16). The first-order chi connectivity index (χ1) is 8.15. The fraction of sp³-hybridized carbons (Fsp3) is 0.500. The minimum Gasteiger partial charge on any atom is -0.381 e. The van der Waals surface area contributed by atoms with Gasteiger partial charge in [-0.3, -0.25) is 4.79 Å². The summed E-state index contributed by atoms with van der Waals surface area (Å²) in [5, 5.41) is 2.89. The lowest BCUT2D eigenvalue weighted by Crippen LogP contribution is -2.28. The molecule has 1 aromatic rings. The van der Waals surface area contributed by atoms with Crippen molar-refractivity contribution in [1.29, 1.82) is 0 Å². The lowest BCUT2D eigenvalue weighted by atomic mass is 9.99. The number of aromatic nitrogens is 2. The summed E-state index contributed by atoms with van der Waals surface area (Å²) in [4.78, 5) is 19.5. The van der Waals surface area contributed by atoms with Crippen LogP contribution in [0.5, 0.6) is 0 Å². The average molecular weight is 276 g/mol. The molecule has 0 bridgehead atoms. The van der Waals surface area contributed by atoms with Crippen LogP contribution in [0.15, 0.2) is 6.07 Å². The van der Waals surface area contributed by atoms with Gasteiger partial charge >= 0.3 is 0 Å². The van der Waals surface area contributed by atoms with Crippen molar-refractivity contribution in [1.82, 2.24) is 9.97 Å². The molecule has 1 amide bonds. The summed E-state index contributed by atoms with van der Waals surface area (Å²) in [7, 11) is 0. The van der Waals surface area contributed by atoms with Crippen LogP contribution in [0, 0.1) is 5.92 Å². The van der Waals surface area contributed by atoms with Gasteiger partial charge in [0.15, 0.2) is 0 Å². The van der Waals surface area contributed by atoms with Gasteiger partial charge in [-0.15, -0.1) is 0 Å². The van der Waals surface area contributed by atoms with Gasteiger partial charge in [0.25, 0.3) is 0 Å². The van der Waals surface area contributed by atoms with Crippen molar-refractivity contribution in [3.63, 3.8) is 0 Å². The Labute approximate surface area is 108 Å². The molecule has 1 saturated heterocycles. The number of amides is 1. The predicted molar refractivity (Wildman–Crippen MR) is 64.2 cm³/mol. The van der Waals surface area contributed by atoms with E-state index in [-0.39, 0.29) is 22.3 Å². The molecular weight excluding hydrogens is 265 g/mol. The van der Waals surface area contributed by atoms with Crippen molar-refractivity contribution in [2.75, 3.05) is 18.5 Å². The maximum atomic E-state index is 11.9. The molecule has 5 nitrogen and oxygen atoms in total. The van der Waals surface area contributed by atoms with Crippen molar-refractivity contribution in [2.45, 2.75) is 12.8 Å². The first kappa shape index (κ1) is 12.5. The molecule has 0 aliphatic carbocycles. The summed E-state index contributed by atoms with van der Waals surface area (Å²) in [6.45, 7) is 1.23. The molecule has 2 heterocycles. The van der Waals surface area contributed by atoms with Crippen molar-refractivity contribution in [3.05, 3.63) is 16.5 Å². The number of hydrogen-bond acceptors (Lipinski definition) is 4. The maximum Gasteiger partial charge on any atom is 0.228 e. The Balaban J connectivity index is 2.01. The predicted octanol–water partition coefficient (Wildman–Crippen LogP) is 2.15. The summed E-state index contributed by atoms with van der Waals surface area (Å²) < 4.78 is 5.19. The second-order valence-corrected chi connectivity index (χ2v) is 4.45. The van der Waals surface area contributed by atoms with Crippen LogP contribution in [0.25, 0.3) is 0 Å². The third kappa shape index (κ3) is 3.52. The molecule has 0 spiro atoms. The summed E-state index contributed by atoms with van der Waals surface area (Å²) in [5.74, 6) is 0.196. The Bertz CT molecular complexity index is 402. The molecule has 0 aromatic carbocycles. The van der Waals surface area contributed by atoms with Gasteiger partial charge in [-0.1, -0.05) is 11.6 Å². The molecule has 1 aliphatic heterocycles. The molecule has 0 radical (unpaired) electrons. The van der Waals surface area contributed by atoms with Crippen molar-refractivity contribution in [2.24, 2.45) is 5.92 Å². The quantitative estimate of drug-likeness (QED) is 0.664. The van der Waals surface area contributed by atoms with E-state index in [1.165, 1.54) is 6.07 Å². The smallest absolute Gasteiger partial charge is 0.228 e. The number of ether oxygens (including phenoxy) is 1. The third-order valence-electron chi connectivity index (χ3n) is 2.51. The maximum absolute atomic E-state index is 11.9. The van der Waals surface area contributed by atoms with Gasteiger partial charge in [0.2, 0.25) is 11.2 Å². The molecule has 1 aromatic heterocycles. The van der Waals surface area contributed by atoms with E-state index in [9.17, 15) is 4.79 Å². The molecule has 17 heavy (non-hydrogen) atoms. The van der Waals surface area contributed by atoms with E-state index in [4.69, 9.17) is 27.9 Å². The molecule has 7 heteroatoms. The SMILES string of the molecule is O=C(Nc1cc(Cl)nc(Cl)n1)C1CCOCC1. The van der Waals surface area contributed by atoms with Crippen molar-refractivity contribution < 1.29 is 9.53 Å². The molecule has 92 valence electrons. The first-order valence-corrected chi connectivity index (χ1v) is 5.99. The van der Waals surface area contributed by atoms with E-state index in [1.807, 2.05) is 0 Å². The van der Waals surface area contributed by atoms with Crippen LogP contribution in [0.1, 0.15) is 12.8 Å². The van der Waals surface area contributed by atoms with Crippen LogP contribution in [0.4, 0.5) is 5.82 Å². The minimum atomic E-state index is -0.0841. The van der Waals surface area contributed by atoms with Gasteiger partial charge in [0.1, 0.15) is 11.0 Å². The topological polar surface area (TPSA) is 64.1 Å². The lowest BCUT2D eigenvalue weighted by Gasteiger charge is -2.20. The third-order valence-corrected chi connectivity index (χ3v) is 2.87. The van der Waals surface area contributed by atoms with Gasteiger partial charge in [0.05, 0.1) is 0 Å². The van der Waals surface area contributed by atoms with Gasteiger partial charge in [0, 0.05) is 25.2 Å². The minimum absolute atomic E-state index is 0.0137. The Kier molecular flexibility index (Phi) is 4.15. The van der Waals surface area contributed by atoms with Gasteiger partial charge in [-0.05, 0) is 24.4 Å². The molecule has 0 unspecified atom stereocenters. The molecular formula is C10H11Cl2N3O2. The first-order valence-electron chi connectivity index (χ1n) is 5.24. The Morgan fingerprint density at radius 3 is 2.71 bits per heavy atom. The number of carbonyl (C=O) groups excluding carboxylic acids is 1. The number of rotatable bonds is 2. The van der Waals surface area contributed by atoms with E-state index in [1.54, 1.807) is 0 Å². The average Bonchev–Trinajstić information content (AvgIpc) is 2.28. The van der Waals surface area contributed by atoms with Gasteiger partial charge in [-0.25, -0.2) is 9.97 Å². The second kappa shape index (κ2) is 5.62. The largest absolute Gasteiger partial charge is 0.381 e. The Hall–Kier alpha value is -0.910. The van der Waals surface area contributed by atoms with E-state index >= 15 is 0 Å². The second-order valence-electron chi connectivity index (χ2n) is 3.72. The van der Waals surface area contributed by atoms with E-state index in [0.29, 0.717) is 19.0 Å². The van der Waals surface area contributed by atoms with Crippen LogP contribution >= 0.6 is 23.2 Å². The highest BCUT2D eigenvalue weighted by molar-refractivity contribution is 6.32. The highest BCUT2D eigenvalue weighted by Crippen LogP contribution is 2.19. The molecule has 0 saturated carbocycles. The van der Waals surface area contributed by atoms with E-state index in [0.717, 1.165) is 12.8 Å². The van der Waals surface area contributed by atoms with Crippen molar-refractivity contribution >= 4 is 34.9 Å². The Morgan fingerprint density at radius 2 is 2.06 bits per heavy atom. The van der Waals surface area contributed by atoms with Crippen LogP contribution in [-0.2, 0) is 9.53 Å². The van der Waals surface area contributed by atoms with Crippen LogP contribution in [-0.4, -0.2) is 29.1 Å². The summed E-state index contributed by atoms with van der Waals surface area (Å²) >= 11 is 11.4. The summed E-state index contributed by atoms with van der Waals surface area (Å²) in [6, 6.07) is 1.46. The summed E-state index contributed by atoms with van der Waals surface area (Å²) in [6.07, 6.45) is 1.44. The molecule has 1 fully saturated rings. The van der Waals surface area contributed by atoms with Gasteiger partial charge < -0.3 is 10.1 Å². The number of nitrogens with one attached hydrogen (secondary N) is 1. The number of nitrogens with zero attached hydrogens (tertiary/aromatic N) is 2. The fourth-order valence-corrected chi connectivity index (χ4v) is 2.05. The zero-order valence-corrected chi connectivity index (χ0v) is 10.5. The number of anilines is 1. The van der Waals surface area contributed by atoms with Gasteiger partial charge in [-0.2, -0.15) is 0 Å². The highest BCUT2D eigenvalue weighted by Gasteiger charge is 2.22. The normalized spacial score (nSPS) is 16.8. The summed E-state index contributed by atoms with van der Waals surface area (Å²) in [5.41, 5.74) is 0. The monoisotopic (exact) mass is 275 g/mol. The highest BCUT2D eigenvalue weighted by atomic mass is 35.5. The molecule has 1 N–H and O–H groups in total. The van der Waals surface area contributed by atoms with E-state index < -0.39 is 0 Å². The molecule has 1 aliphatic rings. The Morgan fingerprint density at radius 1 is 1.35 bits per heavy atom. The molecule has 0 atom stereocenters. The van der Waals surface area contributed by atoms with Crippen molar-refractivity contribution in [3.8, 4) is 0 Å². The number of hydrogen-bond donors (Lipinski definition) is 1. The van der Waals surface area contributed by atoms with Crippen LogP contribution in [0.3, 0.4) is 0 Å². The van der Waals surface area contributed by atoms with Crippen LogP contribution < -0.4 is 5.32 Å². The fourth-order valence-electron chi connectivity index (χ4n) is 1.64. The van der Waals surface area contributed by atoms with Crippen LogP contribution in [0.2, 0.25) is 10.4 Å². The zero-order chi connectivity index (χ0) is 12.3. The number of carbonyl (C=O) groups is 1. The number of halogens is 2. The lowest BCUT2D eigenvalue weighted by molar-refractivity contribution is -0.122. The molecule has 2 rings (SSSR count). The van der Waals surface area contributed by atoms with E-state index in [2.05, 4.69) is 15.3 Å².